The minimum atomic E-state index is -0.797. The first-order valence-corrected chi connectivity index (χ1v) is 5.21. The van der Waals surface area contributed by atoms with Gasteiger partial charge >= 0.3 is 6.09 Å². The lowest BCUT2D eigenvalue weighted by molar-refractivity contribution is 0.0203. The molecule has 0 bridgehead atoms. The third-order valence-electron chi connectivity index (χ3n) is 2.16. The van der Waals surface area contributed by atoms with Crippen LogP contribution in [0.4, 0.5) is 4.79 Å². The summed E-state index contributed by atoms with van der Waals surface area (Å²) in [5, 5.41) is 12.3. The molecule has 0 saturated carbocycles. The highest BCUT2D eigenvalue weighted by Gasteiger charge is 2.23. The van der Waals surface area contributed by atoms with Crippen LogP contribution in [0.25, 0.3) is 0 Å². The Bertz CT molecular complexity index is 213. The number of alkyl carbamates (subject to hydrolysis) is 1. The van der Waals surface area contributed by atoms with E-state index >= 15 is 0 Å². The maximum Gasteiger partial charge on any atom is 0.407 e. The number of nitrogens with one attached hydrogen (secondary N) is 1. The number of carbonyl (C=O) groups excluding carboxylic acids is 1. The summed E-state index contributed by atoms with van der Waals surface area (Å²) in [5.74, 6) is -0.0231. The molecule has 1 amide bonds. The molecule has 0 aromatic rings. The lowest BCUT2D eigenvalue weighted by Crippen LogP contribution is -2.40. The third kappa shape index (κ3) is 7.19. The number of carbonyl (C=O) groups is 1. The minimum Gasteiger partial charge on any atom is -0.444 e. The molecular formula is C11H23NO3. The maximum atomic E-state index is 11.3. The first-order valence-electron chi connectivity index (χ1n) is 5.21. The summed E-state index contributed by atoms with van der Waals surface area (Å²) in [6.07, 6.45) is -0.446. The molecule has 0 aliphatic rings. The van der Waals surface area contributed by atoms with Gasteiger partial charge in [-0.15, -0.1) is 0 Å². The molecule has 2 N–H and O–H groups in total. The smallest absolute Gasteiger partial charge is 0.407 e. The number of amides is 1. The molecule has 0 spiro atoms. The Hall–Kier alpha value is -0.770. The van der Waals surface area contributed by atoms with E-state index in [4.69, 9.17) is 4.74 Å². The lowest BCUT2D eigenvalue weighted by Gasteiger charge is -2.26. The van der Waals surface area contributed by atoms with Crippen molar-refractivity contribution in [3.05, 3.63) is 0 Å². The standard InChI is InChI=1S/C11H23NO3/c1-8(11(5,6)14)7-12-9(13)15-10(2,3)4/h8,14H,7H2,1-6H3,(H,12,13)/t8-/m1/s1. The molecule has 0 saturated heterocycles. The van der Waals surface area contributed by atoms with Crippen molar-refractivity contribution in [3.63, 3.8) is 0 Å². The summed E-state index contributed by atoms with van der Waals surface area (Å²) >= 11 is 0. The monoisotopic (exact) mass is 217 g/mol. The number of rotatable bonds is 3. The Labute approximate surface area is 92.0 Å². The summed E-state index contributed by atoms with van der Waals surface area (Å²) in [5.41, 5.74) is -1.28. The van der Waals surface area contributed by atoms with Crippen LogP contribution in [0.2, 0.25) is 0 Å². The van der Waals surface area contributed by atoms with E-state index < -0.39 is 17.3 Å². The molecule has 4 nitrogen and oxygen atoms in total. The van der Waals surface area contributed by atoms with Crippen molar-refractivity contribution in [2.45, 2.75) is 52.7 Å². The zero-order valence-electron chi connectivity index (χ0n) is 10.5. The van der Waals surface area contributed by atoms with Gasteiger partial charge in [0.25, 0.3) is 0 Å². The predicted molar refractivity (Wildman–Crippen MR) is 59.7 cm³/mol. The highest BCUT2D eigenvalue weighted by atomic mass is 16.6. The van der Waals surface area contributed by atoms with Gasteiger partial charge in [0.15, 0.2) is 0 Å². The first kappa shape index (κ1) is 14.2. The summed E-state index contributed by atoms with van der Waals surface area (Å²) in [6.45, 7) is 11.1. The Balaban J connectivity index is 3.92. The summed E-state index contributed by atoms with van der Waals surface area (Å²) in [6, 6.07) is 0. The van der Waals surface area contributed by atoms with Crippen LogP contribution in [0, 0.1) is 5.92 Å². The van der Waals surface area contributed by atoms with Crippen molar-refractivity contribution in [2.75, 3.05) is 6.54 Å². The van der Waals surface area contributed by atoms with Gasteiger partial charge in [0.05, 0.1) is 5.60 Å². The molecule has 0 aromatic heterocycles. The second kappa shape index (κ2) is 4.84. The van der Waals surface area contributed by atoms with Crippen molar-refractivity contribution in [2.24, 2.45) is 5.92 Å². The fourth-order valence-corrected chi connectivity index (χ4v) is 0.800. The minimum absolute atomic E-state index is 0.0231. The molecule has 15 heavy (non-hydrogen) atoms. The van der Waals surface area contributed by atoms with E-state index in [-0.39, 0.29) is 5.92 Å². The SMILES string of the molecule is C[C@H](CNC(=O)OC(C)(C)C)C(C)(C)O. The van der Waals surface area contributed by atoms with Crippen LogP contribution in [0.3, 0.4) is 0 Å². The highest BCUT2D eigenvalue weighted by Crippen LogP contribution is 2.14. The molecule has 0 unspecified atom stereocenters. The zero-order valence-corrected chi connectivity index (χ0v) is 10.5. The van der Waals surface area contributed by atoms with E-state index in [9.17, 15) is 9.90 Å². The van der Waals surface area contributed by atoms with Crippen LogP contribution < -0.4 is 5.32 Å². The van der Waals surface area contributed by atoms with Crippen molar-refractivity contribution in [1.29, 1.82) is 0 Å². The second-order valence-electron chi connectivity index (χ2n) is 5.44. The van der Waals surface area contributed by atoms with Gasteiger partial charge < -0.3 is 15.2 Å². The van der Waals surface area contributed by atoms with Crippen LogP contribution in [0.1, 0.15) is 41.5 Å². The van der Waals surface area contributed by atoms with E-state index in [0.29, 0.717) is 6.54 Å². The van der Waals surface area contributed by atoms with Gasteiger partial charge in [-0.25, -0.2) is 4.79 Å². The third-order valence-corrected chi connectivity index (χ3v) is 2.16. The summed E-state index contributed by atoms with van der Waals surface area (Å²) < 4.78 is 5.07. The van der Waals surface area contributed by atoms with Gasteiger partial charge in [0.2, 0.25) is 0 Å². The number of aliphatic hydroxyl groups is 1. The average molecular weight is 217 g/mol. The molecule has 90 valence electrons. The van der Waals surface area contributed by atoms with Gasteiger partial charge in [-0.2, -0.15) is 0 Å². The number of ether oxygens (including phenoxy) is 1. The zero-order chi connectivity index (χ0) is 12.3. The molecular weight excluding hydrogens is 194 g/mol. The van der Waals surface area contributed by atoms with Gasteiger partial charge in [-0.3, -0.25) is 0 Å². The molecule has 0 aliphatic carbocycles. The Morgan fingerprint density at radius 2 is 1.80 bits per heavy atom. The molecule has 0 heterocycles. The van der Waals surface area contributed by atoms with Crippen LogP contribution in [0.5, 0.6) is 0 Å². The van der Waals surface area contributed by atoms with Gasteiger partial charge in [-0.05, 0) is 34.6 Å². The van der Waals surface area contributed by atoms with Crippen LogP contribution >= 0.6 is 0 Å². The fourth-order valence-electron chi connectivity index (χ4n) is 0.800. The topological polar surface area (TPSA) is 58.6 Å². The van der Waals surface area contributed by atoms with E-state index in [1.54, 1.807) is 13.8 Å². The quantitative estimate of drug-likeness (QED) is 0.759. The fraction of sp³-hybridized carbons (Fsp3) is 0.909. The maximum absolute atomic E-state index is 11.3. The molecule has 0 aromatic carbocycles. The van der Waals surface area contributed by atoms with Crippen LogP contribution in [-0.2, 0) is 4.74 Å². The largest absolute Gasteiger partial charge is 0.444 e. The van der Waals surface area contributed by atoms with Crippen LogP contribution in [0.15, 0.2) is 0 Å². The Kier molecular flexibility index (Phi) is 4.59. The van der Waals surface area contributed by atoms with Crippen molar-refractivity contribution in [3.8, 4) is 0 Å². The molecule has 1 atom stereocenters. The second-order valence-corrected chi connectivity index (χ2v) is 5.44. The predicted octanol–water partition coefficient (Wildman–Crippen LogP) is 1.92. The average Bonchev–Trinajstić information content (AvgIpc) is 1.94. The van der Waals surface area contributed by atoms with Crippen LogP contribution in [-0.4, -0.2) is 28.9 Å². The van der Waals surface area contributed by atoms with Gasteiger partial charge in [0.1, 0.15) is 5.60 Å². The number of hydrogen-bond acceptors (Lipinski definition) is 3. The van der Waals surface area contributed by atoms with E-state index in [0.717, 1.165) is 0 Å². The molecule has 0 fully saturated rings. The van der Waals surface area contributed by atoms with Gasteiger partial charge in [-0.1, -0.05) is 6.92 Å². The highest BCUT2D eigenvalue weighted by molar-refractivity contribution is 5.67. The molecule has 4 heteroatoms. The Morgan fingerprint density at radius 1 is 1.33 bits per heavy atom. The molecule has 0 aliphatic heterocycles. The number of hydrogen-bond donors (Lipinski definition) is 2. The lowest BCUT2D eigenvalue weighted by atomic mass is 9.93. The Morgan fingerprint density at radius 3 is 2.13 bits per heavy atom. The molecule has 0 rings (SSSR count). The normalized spacial score (nSPS) is 14.6. The first-order chi connectivity index (χ1) is 6.52. The van der Waals surface area contributed by atoms with Crippen molar-refractivity contribution in [1.82, 2.24) is 5.32 Å². The van der Waals surface area contributed by atoms with E-state index in [1.165, 1.54) is 0 Å². The van der Waals surface area contributed by atoms with Crippen molar-refractivity contribution >= 4 is 6.09 Å². The molecule has 0 radical (unpaired) electrons. The van der Waals surface area contributed by atoms with E-state index in [1.807, 2.05) is 27.7 Å². The summed E-state index contributed by atoms with van der Waals surface area (Å²) in [4.78, 5) is 11.3. The van der Waals surface area contributed by atoms with Gasteiger partial charge in [0, 0.05) is 12.5 Å². The van der Waals surface area contributed by atoms with Crippen molar-refractivity contribution < 1.29 is 14.6 Å². The summed E-state index contributed by atoms with van der Waals surface area (Å²) in [7, 11) is 0. The van der Waals surface area contributed by atoms with E-state index in [2.05, 4.69) is 5.32 Å².